The molecule has 3 heteroatoms. The van der Waals surface area contributed by atoms with Crippen molar-refractivity contribution in [3.05, 3.63) is 54.2 Å². The van der Waals surface area contributed by atoms with E-state index >= 15 is 0 Å². The van der Waals surface area contributed by atoms with Crippen molar-refractivity contribution in [3.8, 4) is 0 Å². The molecular formula is C11H11NO2. The van der Waals surface area contributed by atoms with Gasteiger partial charge in [-0.3, -0.25) is 4.98 Å². The minimum atomic E-state index is -0.513. The summed E-state index contributed by atoms with van der Waals surface area (Å²) in [5.41, 5.74) is 1.81. The van der Waals surface area contributed by atoms with Gasteiger partial charge in [0.25, 0.3) is 0 Å². The molecule has 2 heterocycles. The highest BCUT2D eigenvalue weighted by Crippen LogP contribution is 2.16. The van der Waals surface area contributed by atoms with Gasteiger partial charge in [-0.25, -0.2) is 0 Å². The van der Waals surface area contributed by atoms with Crippen LogP contribution in [0.5, 0.6) is 0 Å². The molecule has 1 unspecified atom stereocenters. The summed E-state index contributed by atoms with van der Waals surface area (Å²) in [5.74, 6) is 0. The predicted molar refractivity (Wildman–Crippen MR) is 51.6 cm³/mol. The standard InChI is InChI=1S/C11H11NO2/c13-11(6-9-3-5-14-8-9)10-2-1-4-12-7-10/h1-5,7-8,11,13H,6H2. The van der Waals surface area contributed by atoms with E-state index in [1.54, 1.807) is 24.9 Å². The molecule has 72 valence electrons. The van der Waals surface area contributed by atoms with Crippen LogP contribution < -0.4 is 0 Å². The Morgan fingerprint density at radius 2 is 2.36 bits per heavy atom. The van der Waals surface area contributed by atoms with Crippen molar-refractivity contribution in [2.24, 2.45) is 0 Å². The van der Waals surface area contributed by atoms with Gasteiger partial charge in [-0.2, -0.15) is 0 Å². The maximum atomic E-state index is 9.81. The number of furan rings is 1. The Balaban J connectivity index is 2.07. The largest absolute Gasteiger partial charge is 0.472 e. The Hall–Kier alpha value is -1.61. The van der Waals surface area contributed by atoms with Crippen LogP contribution in [0.3, 0.4) is 0 Å². The fourth-order valence-electron chi connectivity index (χ4n) is 1.32. The molecule has 14 heavy (non-hydrogen) atoms. The Morgan fingerprint density at radius 1 is 1.43 bits per heavy atom. The van der Waals surface area contributed by atoms with Crippen molar-refractivity contribution >= 4 is 0 Å². The number of nitrogens with zero attached hydrogens (tertiary/aromatic N) is 1. The first-order chi connectivity index (χ1) is 6.86. The number of aromatic nitrogens is 1. The molecule has 1 N–H and O–H groups in total. The first kappa shape index (κ1) is 8.97. The van der Waals surface area contributed by atoms with Crippen LogP contribution in [0.1, 0.15) is 17.2 Å². The normalized spacial score (nSPS) is 12.6. The Morgan fingerprint density at radius 3 is 3.00 bits per heavy atom. The summed E-state index contributed by atoms with van der Waals surface area (Å²) in [5, 5.41) is 9.81. The minimum absolute atomic E-state index is 0.513. The van der Waals surface area contributed by atoms with Gasteiger partial charge >= 0.3 is 0 Å². The summed E-state index contributed by atoms with van der Waals surface area (Å²) in [4.78, 5) is 3.95. The molecule has 2 aromatic rings. The predicted octanol–water partition coefficient (Wildman–Crippen LogP) is 1.95. The number of aliphatic hydroxyl groups excluding tert-OH is 1. The highest BCUT2D eigenvalue weighted by molar-refractivity contribution is 5.16. The second-order valence-corrected chi connectivity index (χ2v) is 3.14. The highest BCUT2D eigenvalue weighted by Gasteiger charge is 2.08. The molecule has 0 amide bonds. The lowest BCUT2D eigenvalue weighted by atomic mass is 10.1. The van der Waals surface area contributed by atoms with E-state index in [1.807, 2.05) is 18.2 Å². The lowest BCUT2D eigenvalue weighted by molar-refractivity contribution is 0.178. The third-order valence-electron chi connectivity index (χ3n) is 2.08. The Kier molecular flexibility index (Phi) is 2.60. The molecule has 0 aromatic carbocycles. The van der Waals surface area contributed by atoms with Crippen LogP contribution in [-0.4, -0.2) is 10.1 Å². The summed E-state index contributed by atoms with van der Waals surface area (Å²) in [6, 6.07) is 5.52. The smallest absolute Gasteiger partial charge is 0.0935 e. The maximum absolute atomic E-state index is 9.81. The van der Waals surface area contributed by atoms with Crippen molar-refractivity contribution < 1.29 is 9.52 Å². The van der Waals surface area contributed by atoms with Crippen molar-refractivity contribution in [1.82, 2.24) is 4.98 Å². The van der Waals surface area contributed by atoms with E-state index in [0.717, 1.165) is 11.1 Å². The van der Waals surface area contributed by atoms with E-state index in [0.29, 0.717) is 6.42 Å². The van der Waals surface area contributed by atoms with Crippen LogP contribution in [0.25, 0.3) is 0 Å². The van der Waals surface area contributed by atoms with Gasteiger partial charge in [0.2, 0.25) is 0 Å². The lowest BCUT2D eigenvalue weighted by Gasteiger charge is -2.08. The molecular weight excluding hydrogens is 178 g/mol. The van der Waals surface area contributed by atoms with Gasteiger partial charge in [-0.15, -0.1) is 0 Å². The Bertz CT molecular complexity index is 369. The van der Waals surface area contributed by atoms with Gasteiger partial charge in [0, 0.05) is 18.8 Å². The molecule has 2 aromatic heterocycles. The third-order valence-corrected chi connectivity index (χ3v) is 2.08. The number of rotatable bonds is 3. The van der Waals surface area contributed by atoms with Crippen LogP contribution >= 0.6 is 0 Å². The molecule has 0 saturated heterocycles. The maximum Gasteiger partial charge on any atom is 0.0935 e. The Labute approximate surface area is 82.0 Å². The van der Waals surface area contributed by atoms with Crippen molar-refractivity contribution in [2.75, 3.05) is 0 Å². The third kappa shape index (κ3) is 2.00. The molecule has 0 fully saturated rings. The summed E-state index contributed by atoms with van der Waals surface area (Å²) in [6.45, 7) is 0. The van der Waals surface area contributed by atoms with Crippen LogP contribution in [0.4, 0.5) is 0 Å². The number of hydrogen-bond acceptors (Lipinski definition) is 3. The summed E-state index contributed by atoms with van der Waals surface area (Å²) in [6.07, 6.45) is 6.65. The molecule has 0 aliphatic rings. The number of aliphatic hydroxyl groups is 1. The van der Waals surface area contributed by atoms with Crippen LogP contribution in [0, 0.1) is 0 Å². The summed E-state index contributed by atoms with van der Waals surface area (Å²) < 4.78 is 4.92. The van der Waals surface area contributed by atoms with Gasteiger partial charge in [0.15, 0.2) is 0 Å². The molecule has 0 aliphatic heterocycles. The fourth-order valence-corrected chi connectivity index (χ4v) is 1.32. The molecule has 0 saturated carbocycles. The molecule has 0 aliphatic carbocycles. The summed E-state index contributed by atoms with van der Waals surface area (Å²) >= 11 is 0. The molecule has 1 atom stereocenters. The number of hydrogen-bond donors (Lipinski definition) is 1. The SMILES string of the molecule is OC(Cc1ccoc1)c1cccnc1. The molecule has 0 spiro atoms. The van der Waals surface area contributed by atoms with Crippen molar-refractivity contribution in [2.45, 2.75) is 12.5 Å². The average Bonchev–Trinajstić information content (AvgIpc) is 2.72. The van der Waals surface area contributed by atoms with E-state index in [-0.39, 0.29) is 0 Å². The van der Waals surface area contributed by atoms with E-state index in [4.69, 9.17) is 4.42 Å². The molecule has 2 rings (SSSR count). The van der Waals surface area contributed by atoms with E-state index < -0.39 is 6.10 Å². The zero-order valence-corrected chi connectivity index (χ0v) is 7.63. The molecule has 0 bridgehead atoms. The second-order valence-electron chi connectivity index (χ2n) is 3.14. The minimum Gasteiger partial charge on any atom is -0.472 e. The zero-order chi connectivity index (χ0) is 9.80. The first-order valence-electron chi connectivity index (χ1n) is 4.45. The monoisotopic (exact) mass is 189 g/mol. The van der Waals surface area contributed by atoms with Gasteiger partial charge in [0.1, 0.15) is 0 Å². The zero-order valence-electron chi connectivity index (χ0n) is 7.63. The topological polar surface area (TPSA) is 46.3 Å². The quantitative estimate of drug-likeness (QED) is 0.802. The van der Waals surface area contributed by atoms with Crippen LogP contribution in [0.2, 0.25) is 0 Å². The lowest BCUT2D eigenvalue weighted by Crippen LogP contribution is -2.00. The summed E-state index contributed by atoms with van der Waals surface area (Å²) in [7, 11) is 0. The van der Waals surface area contributed by atoms with Crippen LogP contribution in [0.15, 0.2) is 47.5 Å². The van der Waals surface area contributed by atoms with E-state index in [1.165, 1.54) is 0 Å². The average molecular weight is 189 g/mol. The second kappa shape index (κ2) is 4.07. The fraction of sp³-hybridized carbons (Fsp3) is 0.182. The van der Waals surface area contributed by atoms with E-state index in [9.17, 15) is 5.11 Å². The number of pyridine rings is 1. The van der Waals surface area contributed by atoms with Gasteiger partial charge in [0.05, 0.1) is 18.6 Å². The molecule has 3 nitrogen and oxygen atoms in total. The van der Waals surface area contributed by atoms with Gasteiger partial charge in [-0.05, 0) is 23.3 Å². The van der Waals surface area contributed by atoms with Crippen molar-refractivity contribution in [3.63, 3.8) is 0 Å². The van der Waals surface area contributed by atoms with Crippen LogP contribution in [-0.2, 0) is 6.42 Å². The van der Waals surface area contributed by atoms with E-state index in [2.05, 4.69) is 4.98 Å². The molecule has 0 radical (unpaired) electrons. The van der Waals surface area contributed by atoms with Crippen molar-refractivity contribution in [1.29, 1.82) is 0 Å². The highest BCUT2D eigenvalue weighted by atomic mass is 16.3. The van der Waals surface area contributed by atoms with Gasteiger partial charge < -0.3 is 9.52 Å². The van der Waals surface area contributed by atoms with Gasteiger partial charge in [-0.1, -0.05) is 6.07 Å². The first-order valence-corrected chi connectivity index (χ1v) is 4.45.